The first kappa shape index (κ1) is 27.7. The van der Waals surface area contributed by atoms with Crippen molar-refractivity contribution in [3.8, 4) is 44.7 Å². The standard InChI is InChI=1S/C47H30O2/c1-29-34-25-24-33(28-43(34)49-47(29)31-15-6-3-7-16-31)44-35-17-8-9-18-36(35)45(37-26-23-32(27-40(37)44)30-13-4-2-5-14-30)39-20-12-22-42-46(39)38-19-10-11-21-41(38)48-42/h2-28H,1H3. The van der Waals surface area contributed by atoms with Gasteiger partial charge in [-0.1, -0.05) is 140 Å². The summed E-state index contributed by atoms with van der Waals surface area (Å²) >= 11 is 0. The molecule has 0 atom stereocenters. The van der Waals surface area contributed by atoms with Crippen molar-refractivity contribution in [1.82, 2.24) is 0 Å². The number of hydrogen-bond acceptors (Lipinski definition) is 2. The van der Waals surface area contributed by atoms with Gasteiger partial charge in [-0.25, -0.2) is 0 Å². The van der Waals surface area contributed by atoms with E-state index in [4.69, 9.17) is 8.83 Å². The summed E-state index contributed by atoms with van der Waals surface area (Å²) in [5, 5.41) is 8.21. The molecule has 8 aromatic carbocycles. The third kappa shape index (κ3) is 4.28. The molecule has 0 fully saturated rings. The maximum absolute atomic E-state index is 6.63. The number of aryl methyl sites for hydroxylation is 1. The van der Waals surface area contributed by atoms with Gasteiger partial charge in [0.2, 0.25) is 0 Å². The third-order valence-electron chi connectivity index (χ3n) is 10.1. The SMILES string of the molecule is Cc1c(-c2ccccc2)oc2cc(-c3c4ccccc4c(-c4cccc5oc6ccccc6c45)c4ccc(-c5ccccc5)cc34)ccc12. The highest BCUT2D eigenvalue weighted by atomic mass is 16.3. The predicted octanol–water partition coefficient (Wildman–Crippen LogP) is 13.6. The molecular weight excluding hydrogens is 597 g/mol. The molecule has 0 bridgehead atoms. The smallest absolute Gasteiger partial charge is 0.138 e. The topological polar surface area (TPSA) is 26.3 Å². The van der Waals surface area contributed by atoms with Crippen LogP contribution in [0.2, 0.25) is 0 Å². The third-order valence-corrected chi connectivity index (χ3v) is 10.1. The van der Waals surface area contributed by atoms with Gasteiger partial charge >= 0.3 is 0 Å². The summed E-state index contributed by atoms with van der Waals surface area (Å²) in [6, 6.07) is 58.3. The van der Waals surface area contributed by atoms with E-state index in [2.05, 4.69) is 159 Å². The molecule has 10 rings (SSSR count). The Balaban J connectivity index is 1.32. The second-order valence-electron chi connectivity index (χ2n) is 12.8. The summed E-state index contributed by atoms with van der Waals surface area (Å²) in [4.78, 5) is 0. The molecule has 2 aromatic heterocycles. The number of rotatable bonds is 4. The highest BCUT2D eigenvalue weighted by Crippen LogP contribution is 2.48. The Kier molecular flexibility index (Phi) is 6.13. The number of benzene rings is 8. The second-order valence-corrected chi connectivity index (χ2v) is 12.8. The predicted molar refractivity (Wildman–Crippen MR) is 205 cm³/mol. The molecule has 0 amide bonds. The van der Waals surface area contributed by atoms with Crippen molar-refractivity contribution >= 4 is 54.5 Å². The van der Waals surface area contributed by atoms with Gasteiger partial charge in [-0.05, 0) is 86.1 Å². The summed E-state index contributed by atoms with van der Waals surface area (Å²) in [6.45, 7) is 2.15. The van der Waals surface area contributed by atoms with Gasteiger partial charge in [-0.15, -0.1) is 0 Å². The monoisotopic (exact) mass is 626 g/mol. The normalized spacial score (nSPS) is 11.8. The molecule has 2 nitrogen and oxygen atoms in total. The van der Waals surface area contributed by atoms with Crippen molar-refractivity contribution in [2.24, 2.45) is 0 Å². The fourth-order valence-electron chi connectivity index (χ4n) is 7.82. The van der Waals surface area contributed by atoms with Crippen LogP contribution in [0.4, 0.5) is 0 Å². The highest BCUT2D eigenvalue weighted by Gasteiger charge is 2.22. The molecule has 0 aliphatic rings. The molecule has 2 heteroatoms. The summed E-state index contributed by atoms with van der Waals surface area (Å²) in [5.41, 5.74) is 12.0. The van der Waals surface area contributed by atoms with Crippen LogP contribution < -0.4 is 0 Å². The van der Waals surface area contributed by atoms with Gasteiger partial charge in [0.1, 0.15) is 22.5 Å². The van der Waals surface area contributed by atoms with Gasteiger partial charge in [-0.3, -0.25) is 0 Å². The quantitative estimate of drug-likeness (QED) is 0.182. The minimum atomic E-state index is 0.893. The van der Waals surface area contributed by atoms with Gasteiger partial charge in [-0.2, -0.15) is 0 Å². The van der Waals surface area contributed by atoms with E-state index in [1.807, 2.05) is 12.1 Å². The number of hydrogen-bond donors (Lipinski definition) is 0. The van der Waals surface area contributed by atoms with Crippen molar-refractivity contribution in [2.75, 3.05) is 0 Å². The van der Waals surface area contributed by atoms with Crippen LogP contribution in [0, 0.1) is 6.92 Å². The van der Waals surface area contributed by atoms with Gasteiger partial charge in [0, 0.05) is 27.3 Å². The van der Waals surface area contributed by atoms with E-state index in [0.29, 0.717) is 0 Å². The zero-order chi connectivity index (χ0) is 32.5. The van der Waals surface area contributed by atoms with Gasteiger partial charge in [0.15, 0.2) is 0 Å². The molecule has 0 unspecified atom stereocenters. The average Bonchev–Trinajstić information content (AvgIpc) is 3.71. The van der Waals surface area contributed by atoms with Crippen LogP contribution in [0.1, 0.15) is 5.56 Å². The fraction of sp³-hybridized carbons (Fsp3) is 0.0213. The molecule has 0 saturated heterocycles. The van der Waals surface area contributed by atoms with Crippen molar-refractivity contribution < 1.29 is 8.83 Å². The summed E-state index contributed by atoms with van der Waals surface area (Å²) in [5.74, 6) is 0.921. The van der Waals surface area contributed by atoms with Crippen molar-refractivity contribution in [1.29, 1.82) is 0 Å². The van der Waals surface area contributed by atoms with E-state index < -0.39 is 0 Å². The fourth-order valence-corrected chi connectivity index (χ4v) is 7.82. The van der Waals surface area contributed by atoms with Crippen molar-refractivity contribution in [2.45, 2.75) is 6.92 Å². The average molecular weight is 627 g/mol. The Labute approximate surface area is 283 Å². The maximum Gasteiger partial charge on any atom is 0.138 e. The summed E-state index contributed by atoms with van der Waals surface area (Å²) in [6.07, 6.45) is 0. The van der Waals surface area contributed by atoms with Crippen LogP contribution in [-0.4, -0.2) is 0 Å². The van der Waals surface area contributed by atoms with E-state index in [1.54, 1.807) is 0 Å². The van der Waals surface area contributed by atoms with E-state index in [1.165, 1.54) is 49.4 Å². The molecule has 49 heavy (non-hydrogen) atoms. The van der Waals surface area contributed by atoms with E-state index >= 15 is 0 Å². The van der Waals surface area contributed by atoms with Gasteiger partial charge < -0.3 is 8.83 Å². The lowest BCUT2D eigenvalue weighted by Gasteiger charge is -2.19. The van der Waals surface area contributed by atoms with Gasteiger partial charge in [0.05, 0.1) is 0 Å². The Hall–Kier alpha value is -6.38. The molecule has 0 N–H and O–H groups in total. The van der Waals surface area contributed by atoms with Gasteiger partial charge in [0.25, 0.3) is 0 Å². The van der Waals surface area contributed by atoms with Crippen LogP contribution in [0.3, 0.4) is 0 Å². The van der Waals surface area contributed by atoms with E-state index in [-0.39, 0.29) is 0 Å². The minimum absolute atomic E-state index is 0.893. The first-order valence-electron chi connectivity index (χ1n) is 16.8. The van der Waals surface area contributed by atoms with Crippen LogP contribution in [0.25, 0.3) is 99.2 Å². The molecule has 0 aliphatic heterocycles. The zero-order valence-electron chi connectivity index (χ0n) is 26.9. The molecule has 0 radical (unpaired) electrons. The van der Waals surface area contributed by atoms with E-state index in [0.717, 1.165) is 55.4 Å². The van der Waals surface area contributed by atoms with Crippen LogP contribution >= 0.6 is 0 Å². The number of fused-ring (bicyclic) bond motifs is 6. The lowest BCUT2D eigenvalue weighted by Crippen LogP contribution is -1.92. The maximum atomic E-state index is 6.63. The number of para-hydroxylation sites is 1. The second kappa shape index (κ2) is 10.8. The molecule has 0 saturated carbocycles. The first-order valence-corrected chi connectivity index (χ1v) is 16.8. The summed E-state index contributed by atoms with van der Waals surface area (Å²) in [7, 11) is 0. The van der Waals surface area contributed by atoms with Crippen LogP contribution in [0.15, 0.2) is 173 Å². The highest BCUT2D eigenvalue weighted by molar-refractivity contribution is 6.26. The lowest BCUT2D eigenvalue weighted by atomic mass is 9.84. The molecule has 230 valence electrons. The lowest BCUT2D eigenvalue weighted by molar-refractivity contribution is 0.629. The molecule has 10 aromatic rings. The van der Waals surface area contributed by atoms with Crippen LogP contribution in [0.5, 0.6) is 0 Å². The Bertz CT molecular complexity index is 2870. The molecule has 0 aliphatic carbocycles. The Morgan fingerprint density at radius 2 is 0.959 bits per heavy atom. The van der Waals surface area contributed by atoms with Crippen molar-refractivity contribution in [3.63, 3.8) is 0 Å². The Morgan fingerprint density at radius 3 is 1.76 bits per heavy atom. The minimum Gasteiger partial charge on any atom is -0.456 e. The summed E-state index contributed by atoms with van der Waals surface area (Å²) < 4.78 is 13.0. The zero-order valence-corrected chi connectivity index (χ0v) is 26.9. The Morgan fingerprint density at radius 1 is 0.347 bits per heavy atom. The number of furan rings is 2. The molecular formula is C47H30O2. The molecule has 2 heterocycles. The van der Waals surface area contributed by atoms with Crippen molar-refractivity contribution in [3.05, 3.63) is 169 Å². The largest absolute Gasteiger partial charge is 0.456 e. The van der Waals surface area contributed by atoms with E-state index in [9.17, 15) is 0 Å². The van der Waals surface area contributed by atoms with Crippen LogP contribution in [-0.2, 0) is 0 Å². The first-order chi connectivity index (χ1) is 24.2. The molecule has 0 spiro atoms.